The van der Waals surface area contributed by atoms with E-state index in [1.807, 2.05) is 24.3 Å². The van der Waals surface area contributed by atoms with E-state index in [1.54, 1.807) is 5.38 Å². The lowest BCUT2D eigenvalue weighted by molar-refractivity contribution is -0.123. The zero-order valence-electron chi connectivity index (χ0n) is 15.2. The van der Waals surface area contributed by atoms with Gasteiger partial charge in [0.15, 0.2) is 0 Å². The summed E-state index contributed by atoms with van der Waals surface area (Å²) in [6, 6.07) is 7.82. The number of anilines is 1. The van der Waals surface area contributed by atoms with Gasteiger partial charge in [0.05, 0.1) is 5.01 Å². The number of hydrogen-bond acceptors (Lipinski definition) is 6. The number of benzene rings is 1. The zero-order valence-corrected chi connectivity index (χ0v) is 16.0. The number of primary amides is 1. The molecule has 144 valence electrons. The molecule has 7 nitrogen and oxygen atoms in total. The minimum absolute atomic E-state index is 0.00542. The molecule has 0 bridgehead atoms. The molecule has 2 amide bonds. The Morgan fingerprint density at radius 2 is 2.07 bits per heavy atom. The molecular weight excluding hydrogens is 362 g/mol. The molecule has 0 saturated carbocycles. The fourth-order valence-electron chi connectivity index (χ4n) is 3.23. The monoisotopic (exact) mass is 387 g/mol. The van der Waals surface area contributed by atoms with E-state index < -0.39 is 0 Å². The van der Waals surface area contributed by atoms with Crippen molar-refractivity contribution in [1.82, 2.24) is 9.88 Å². The van der Waals surface area contributed by atoms with Crippen LogP contribution in [0.1, 0.15) is 33.9 Å². The second-order valence-corrected chi connectivity index (χ2v) is 7.72. The number of carbonyl (C=O) groups is 2. The number of thiazole rings is 1. The molecule has 8 heteroatoms. The normalized spacial score (nSPS) is 15.6. The molecule has 0 unspecified atom stereocenters. The van der Waals surface area contributed by atoms with Crippen LogP contribution in [-0.2, 0) is 17.8 Å². The number of amides is 2. The lowest BCUT2D eigenvalue weighted by atomic mass is 9.96. The summed E-state index contributed by atoms with van der Waals surface area (Å²) in [5.41, 5.74) is 13.2. The van der Waals surface area contributed by atoms with Gasteiger partial charge in [-0.1, -0.05) is 12.1 Å². The average molecular weight is 388 g/mol. The lowest BCUT2D eigenvalue weighted by Crippen LogP contribution is -2.38. The van der Waals surface area contributed by atoms with Crippen molar-refractivity contribution in [2.45, 2.75) is 25.8 Å². The van der Waals surface area contributed by atoms with Gasteiger partial charge in [-0.3, -0.25) is 14.5 Å². The second kappa shape index (κ2) is 9.07. The molecule has 1 aromatic carbocycles. The van der Waals surface area contributed by atoms with E-state index in [1.165, 1.54) is 11.3 Å². The van der Waals surface area contributed by atoms with Crippen LogP contribution in [0.25, 0.3) is 0 Å². The summed E-state index contributed by atoms with van der Waals surface area (Å²) in [4.78, 5) is 30.3. The summed E-state index contributed by atoms with van der Waals surface area (Å²) >= 11 is 1.45. The van der Waals surface area contributed by atoms with Gasteiger partial charge in [-0.15, -0.1) is 11.3 Å². The van der Waals surface area contributed by atoms with E-state index in [0.29, 0.717) is 18.7 Å². The molecule has 0 aliphatic carbocycles. The number of likely N-dealkylation sites (tertiary alicyclic amines) is 1. The molecular formula is C19H25N5O2S. The van der Waals surface area contributed by atoms with Crippen molar-refractivity contribution < 1.29 is 9.59 Å². The largest absolute Gasteiger partial charge is 0.369 e. The van der Waals surface area contributed by atoms with Crippen LogP contribution in [0, 0.1) is 5.92 Å². The van der Waals surface area contributed by atoms with Gasteiger partial charge in [0, 0.05) is 30.0 Å². The van der Waals surface area contributed by atoms with Crippen LogP contribution in [0.4, 0.5) is 5.69 Å². The Morgan fingerprint density at radius 1 is 1.30 bits per heavy atom. The van der Waals surface area contributed by atoms with Crippen molar-refractivity contribution >= 4 is 28.8 Å². The second-order valence-electron chi connectivity index (χ2n) is 6.77. The van der Waals surface area contributed by atoms with Gasteiger partial charge >= 0.3 is 0 Å². The average Bonchev–Trinajstić information content (AvgIpc) is 3.12. The standard InChI is InChI=1S/C19H25N5O2S/c20-7-4-17-23-16(12-27-17)19(26)22-15-3-1-2-13(10-15)11-24-8-5-14(6-9-24)18(21)25/h1-3,10,12,14H,4-9,11,20H2,(H2,21,25)(H,22,26). The maximum atomic E-state index is 12.4. The maximum Gasteiger partial charge on any atom is 0.275 e. The number of aromatic nitrogens is 1. The summed E-state index contributed by atoms with van der Waals surface area (Å²) < 4.78 is 0. The highest BCUT2D eigenvalue weighted by Crippen LogP contribution is 2.20. The van der Waals surface area contributed by atoms with Crippen LogP contribution < -0.4 is 16.8 Å². The summed E-state index contributed by atoms with van der Waals surface area (Å²) in [7, 11) is 0. The van der Waals surface area contributed by atoms with Crippen molar-refractivity contribution in [3.8, 4) is 0 Å². The highest BCUT2D eigenvalue weighted by atomic mass is 32.1. The molecule has 0 atom stereocenters. The van der Waals surface area contributed by atoms with Gasteiger partial charge in [-0.2, -0.15) is 0 Å². The van der Waals surface area contributed by atoms with Crippen molar-refractivity contribution in [2.75, 3.05) is 25.0 Å². The first-order chi connectivity index (χ1) is 13.0. The van der Waals surface area contributed by atoms with Crippen molar-refractivity contribution in [2.24, 2.45) is 17.4 Å². The molecule has 2 aromatic rings. The van der Waals surface area contributed by atoms with Gasteiger partial charge in [0.1, 0.15) is 5.69 Å². The Morgan fingerprint density at radius 3 is 2.78 bits per heavy atom. The first-order valence-corrected chi connectivity index (χ1v) is 9.99. The SMILES string of the molecule is NCCc1nc(C(=O)Nc2cccc(CN3CCC(C(N)=O)CC3)c2)cs1. The third kappa shape index (κ3) is 5.35. The molecule has 0 spiro atoms. The van der Waals surface area contributed by atoms with Crippen LogP contribution in [0.5, 0.6) is 0 Å². The number of carbonyl (C=O) groups excluding carboxylic acids is 2. The molecule has 27 heavy (non-hydrogen) atoms. The van der Waals surface area contributed by atoms with Crippen LogP contribution >= 0.6 is 11.3 Å². The van der Waals surface area contributed by atoms with Gasteiger partial charge in [0.25, 0.3) is 5.91 Å². The predicted octanol–water partition coefficient (Wildman–Crippen LogP) is 1.59. The Kier molecular flexibility index (Phi) is 6.54. The minimum atomic E-state index is -0.214. The van der Waals surface area contributed by atoms with E-state index in [9.17, 15) is 9.59 Å². The summed E-state index contributed by atoms with van der Waals surface area (Å²) in [6.45, 7) is 3.01. The Balaban J connectivity index is 1.57. The lowest BCUT2D eigenvalue weighted by Gasteiger charge is -2.30. The summed E-state index contributed by atoms with van der Waals surface area (Å²) in [5.74, 6) is -0.417. The molecule has 2 heterocycles. The van der Waals surface area contributed by atoms with E-state index in [2.05, 4.69) is 15.2 Å². The fraction of sp³-hybridized carbons (Fsp3) is 0.421. The number of nitrogens with two attached hydrogens (primary N) is 2. The van der Waals surface area contributed by atoms with Gasteiger partial charge < -0.3 is 16.8 Å². The third-order valence-corrected chi connectivity index (χ3v) is 5.63. The van der Waals surface area contributed by atoms with Crippen LogP contribution in [0.2, 0.25) is 0 Å². The van der Waals surface area contributed by atoms with Gasteiger partial charge in [-0.25, -0.2) is 4.98 Å². The first kappa shape index (κ1) is 19.5. The summed E-state index contributed by atoms with van der Waals surface area (Å²) in [5, 5.41) is 5.54. The fourth-order valence-corrected chi connectivity index (χ4v) is 4.02. The van der Waals surface area contributed by atoms with E-state index in [0.717, 1.165) is 48.7 Å². The number of nitrogens with zero attached hydrogens (tertiary/aromatic N) is 2. The molecule has 1 aromatic heterocycles. The smallest absolute Gasteiger partial charge is 0.275 e. The molecule has 1 aliphatic heterocycles. The topological polar surface area (TPSA) is 114 Å². The van der Waals surface area contributed by atoms with Gasteiger partial charge in [0.2, 0.25) is 5.91 Å². The first-order valence-electron chi connectivity index (χ1n) is 9.11. The molecule has 0 radical (unpaired) electrons. The number of rotatable bonds is 7. The predicted molar refractivity (Wildman–Crippen MR) is 106 cm³/mol. The molecule has 1 fully saturated rings. The Labute approximate surface area is 162 Å². The Hall–Kier alpha value is -2.29. The van der Waals surface area contributed by atoms with E-state index in [4.69, 9.17) is 11.5 Å². The minimum Gasteiger partial charge on any atom is -0.369 e. The van der Waals surface area contributed by atoms with Crippen molar-refractivity contribution in [3.63, 3.8) is 0 Å². The summed E-state index contributed by atoms with van der Waals surface area (Å²) in [6.07, 6.45) is 2.29. The Bertz CT molecular complexity index is 799. The highest BCUT2D eigenvalue weighted by Gasteiger charge is 2.23. The van der Waals surface area contributed by atoms with Crippen LogP contribution in [0.3, 0.4) is 0 Å². The number of piperidine rings is 1. The van der Waals surface area contributed by atoms with E-state index >= 15 is 0 Å². The van der Waals surface area contributed by atoms with Crippen LogP contribution in [0.15, 0.2) is 29.6 Å². The molecule has 3 rings (SSSR count). The molecule has 5 N–H and O–H groups in total. The van der Waals surface area contributed by atoms with Crippen molar-refractivity contribution in [1.29, 1.82) is 0 Å². The zero-order chi connectivity index (χ0) is 19.2. The quantitative estimate of drug-likeness (QED) is 0.667. The van der Waals surface area contributed by atoms with Crippen LogP contribution in [-0.4, -0.2) is 41.3 Å². The number of nitrogens with one attached hydrogen (secondary N) is 1. The third-order valence-electron chi connectivity index (χ3n) is 4.72. The molecule has 1 aliphatic rings. The highest BCUT2D eigenvalue weighted by molar-refractivity contribution is 7.09. The van der Waals surface area contributed by atoms with Gasteiger partial charge in [-0.05, 0) is 50.2 Å². The number of hydrogen-bond donors (Lipinski definition) is 3. The van der Waals surface area contributed by atoms with E-state index in [-0.39, 0.29) is 17.7 Å². The van der Waals surface area contributed by atoms with Crippen molar-refractivity contribution in [3.05, 3.63) is 45.9 Å². The maximum absolute atomic E-state index is 12.4. The molecule has 1 saturated heterocycles.